The Morgan fingerprint density at radius 2 is 1.53 bits per heavy atom. The van der Waals surface area contributed by atoms with Gasteiger partial charge in [0.05, 0.1) is 11.1 Å². The molecule has 0 aromatic heterocycles. The van der Waals surface area contributed by atoms with E-state index in [4.69, 9.17) is 10.2 Å². The van der Waals surface area contributed by atoms with Crippen LogP contribution in [-0.4, -0.2) is 59.9 Å². The fourth-order valence-corrected chi connectivity index (χ4v) is 1.68. The average molecular weight is 256 g/mol. The Morgan fingerprint density at radius 1 is 0.882 bits per heavy atom. The Labute approximate surface area is 127 Å². The van der Waals surface area contributed by atoms with Gasteiger partial charge in [0.25, 0.3) is 0 Å². The third kappa shape index (κ3) is 2.60. The van der Waals surface area contributed by atoms with Crippen molar-refractivity contribution in [3.8, 4) is 0 Å². The largest absolute Gasteiger partial charge is 0.478 e. The van der Waals surface area contributed by atoms with Gasteiger partial charge in [0, 0.05) is 37.7 Å². The van der Waals surface area contributed by atoms with E-state index >= 15 is 0 Å². The molecule has 2 N–H and O–H groups in total. The van der Waals surface area contributed by atoms with Gasteiger partial charge >= 0.3 is 11.9 Å². The van der Waals surface area contributed by atoms with Crippen LogP contribution < -0.4 is 0 Å². The molecule has 17 heavy (non-hydrogen) atoms. The van der Waals surface area contributed by atoms with Gasteiger partial charge in [-0.05, 0) is 16.8 Å². The summed E-state index contributed by atoms with van der Waals surface area (Å²) in [5.74, 6) is -2.46. The van der Waals surface area contributed by atoms with Crippen LogP contribution in [-0.2, 0) is 0 Å². The van der Waals surface area contributed by atoms with Gasteiger partial charge in [-0.25, -0.2) is 9.59 Å². The molecule has 0 aliphatic heterocycles. The van der Waals surface area contributed by atoms with E-state index in [1.807, 2.05) is 0 Å². The molecule has 0 amide bonds. The zero-order valence-electron chi connectivity index (χ0n) is 8.88. The van der Waals surface area contributed by atoms with Gasteiger partial charge in [0.2, 0.25) is 0 Å². The molecule has 0 spiro atoms. The van der Waals surface area contributed by atoms with E-state index in [0.29, 0.717) is 10.8 Å². The molecule has 0 atom stereocenters. The van der Waals surface area contributed by atoms with Crippen molar-refractivity contribution in [3.05, 3.63) is 47.5 Å². The van der Waals surface area contributed by atoms with Crippen molar-refractivity contribution < 1.29 is 19.8 Å². The third-order valence-electron chi connectivity index (χ3n) is 2.37. The summed E-state index contributed by atoms with van der Waals surface area (Å²) in [6.07, 6.45) is 0. The molecule has 2 aromatic carbocycles. The van der Waals surface area contributed by atoms with Crippen LogP contribution in [0.2, 0.25) is 0 Å². The van der Waals surface area contributed by atoms with Gasteiger partial charge in [0.15, 0.2) is 0 Å². The number of rotatable bonds is 2. The summed E-state index contributed by atoms with van der Waals surface area (Å²) in [6.45, 7) is 0. The Morgan fingerprint density at radius 3 is 2.12 bits per heavy atom. The summed E-state index contributed by atoms with van der Waals surface area (Å²) in [6, 6.07) is 9.72. The number of carboxylic acid groups (broad SMARTS) is 2. The van der Waals surface area contributed by atoms with Gasteiger partial charge in [-0.15, -0.1) is 0 Å². The maximum atomic E-state index is 11.1. The molecule has 0 fully saturated rings. The number of hydrogen-bond acceptors (Lipinski definition) is 2. The zero-order valence-corrected chi connectivity index (χ0v) is 11.1. The Hall–Kier alpha value is -1.10. The summed E-state index contributed by atoms with van der Waals surface area (Å²) in [7, 11) is 0. The first-order valence-corrected chi connectivity index (χ1v) is 4.59. The molecule has 0 saturated heterocycles. The molecule has 5 heteroatoms. The van der Waals surface area contributed by atoms with Crippen molar-refractivity contribution in [1.82, 2.24) is 0 Å². The van der Waals surface area contributed by atoms with E-state index in [-0.39, 0.29) is 48.9 Å². The van der Waals surface area contributed by atoms with Crippen LogP contribution in [0.3, 0.4) is 0 Å². The van der Waals surface area contributed by atoms with Gasteiger partial charge in [-0.3, -0.25) is 0 Å². The molecule has 0 unspecified atom stereocenters. The van der Waals surface area contributed by atoms with Crippen molar-refractivity contribution in [1.29, 1.82) is 0 Å². The number of hydrogen-bond donors (Lipinski definition) is 2. The fraction of sp³-hybridized carbons (Fsp3) is 0. The van der Waals surface area contributed by atoms with E-state index in [1.54, 1.807) is 30.3 Å². The quantitative estimate of drug-likeness (QED) is 0.804. The Bertz CT molecular complexity index is 592. The molecule has 2 rings (SSSR count). The first kappa shape index (κ1) is 14.0. The molecule has 0 aliphatic rings. The maximum absolute atomic E-state index is 11.1. The summed E-state index contributed by atoms with van der Waals surface area (Å²) >= 11 is 0. The molecule has 0 bridgehead atoms. The predicted octanol–water partition coefficient (Wildman–Crippen LogP) is 1.86. The van der Waals surface area contributed by atoms with Gasteiger partial charge in [-0.2, -0.15) is 0 Å². The van der Waals surface area contributed by atoms with Crippen LogP contribution >= 0.6 is 0 Å². The first-order chi connectivity index (χ1) is 7.61. The summed E-state index contributed by atoms with van der Waals surface area (Å²) < 4.78 is 0. The van der Waals surface area contributed by atoms with Gasteiger partial charge < -0.3 is 10.2 Å². The SMILES string of the molecule is O=C(O)c1ccc2ccccc2c1C(=O)O.[Ca]. The molecule has 0 saturated carbocycles. The van der Waals surface area contributed by atoms with Crippen molar-refractivity contribution in [2.45, 2.75) is 0 Å². The average Bonchev–Trinajstić information content (AvgIpc) is 2.27. The number of aromatic carboxylic acids is 2. The maximum Gasteiger partial charge on any atom is 0.337 e. The van der Waals surface area contributed by atoms with Crippen molar-refractivity contribution in [3.63, 3.8) is 0 Å². The first-order valence-electron chi connectivity index (χ1n) is 4.59. The van der Waals surface area contributed by atoms with E-state index < -0.39 is 11.9 Å². The second-order valence-corrected chi connectivity index (χ2v) is 3.32. The van der Waals surface area contributed by atoms with Crippen molar-refractivity contribution >= 4 is 60.4 Å². The number of carbonyl (C=O) groups is 2. The smallest absolute Gasteiger partial charge is 0.337 e. The normalized spacial score (nSPS) is 9.65. The Balaban J connectivity index is 0.00000144. The van der Waals surface area contributed by atoms with Crippen LogP contribution in [0.25, 0.3) is 10.8 Å². The minimum Gasteiger partial charge on any atom is -0.478 e. The van der Waals surface area contributed by atoms with Crippen LogP contribution in [0.15, 0.2) is 36.4 Å². The van der Waals surface area contributed by atoms with E-state index in [0.717, 1.165) is 0 Å². The number of benzene rings is 2. The number of carboxylic acids is 2. The van der Waals surface area contributed by atoms with E-state index in [9.17, 15) is 9.59 Å². The topological polar surface area (TPSA) is 74.6 Å². The van der Waals surface area contributed by atoms with Crippen LogP contribution in [0.5, 0.6) is 0 Å². The second-order valence-electron chi connectivity index (χ2n) is 3.32. The summed E-state index contributed by atoms with van der Waals surface area (Å²) in [5, 5.41) is 19.1. The molecule has 0 aliphatic carbocycles. The molecular weight excluding hydrogens is 248 g/mol. The van der Waals surface area contributed by atoms with E-state index in [2.05, 4.69) is 0 Å². The number of fused-ring (bicyclic) bond motifs is 1. The minimum absolute atomic E-state index is 0. The molecule has 4 nitrogen and oxygen atoms in total. The monoisotopic (exact) mass is 256 g/mol. The van der Waals surface area contributed by atoms with Crippen LogP contribution in [0, 0.1) is 0 Å². The summed E-state index contributed by atoms with van der Waals surface area (Å²) in [4.78, 5) is 22.0. The summed E-state index contributed by atoms with van der Waals surface area (Å²) in [5.41, 5.74) is -0.350. The molecule has 2 aromatic rings. The minimum atomic E-state index is -1.23. The van der Waals surface area contributed by atoms with Gasteiger partial charge in [0.1, 0.15) is 0 Å². The predicted molar refractivity (Wildman–Crippen MR) is 63.6 cm³/mol. The van der Waals surface area contributed by atoms with Gasteiger partial charge in [-0.1, -0.05) is 30.3 Å². The second kappa shape index (κ2) is 5.49. The Kier molecular flexibility index (Phi) is 4.51. The van der Waals surface area contributed by atoms with Crippen LogP contribution in [0.1, 0.15) is 20.7 Å². The standard InChI is InChI=1S/C12H8O4.Ca/c13-11(14)9-6-5-7-3-1-2-4-8(7)10(9)12(15)16;/h1-6H,(H,13,14)(H,15,16);. The van der Waals surface area contributed by atoms with E-state index in [1.165, 1.54) is 6.07 Å². The molecule has 2 radical (unpaired) electrons. The van der Waals surface area contributed by atoms with Crippen LogP contribution in [0.4, 0.5) is 0 Å². The fourth-order valence-electron chi connectivity index (χ4n) is 1.68. The van der Waals surface area contributed by atoms with Crippen molar-refractivity contribution in [2.75, 3.05) is 0 Å². The van der Waals surface area contributed by atoms with Crippen molar-refractivity contribution in [2.24, 2.45) is 0 Å². The molecule has 82 valence electrons. The third-order valence-corrected chi connectivity index (χ3v) is 2.37. The molecule has 0 heterocycles. The zero-order chi connectivity index (χ0) is 11.7. The molecular formula is C12H8CaO4.